The minimum atomic E-state index is -1.18. The summed E-state index contributed by atoms with van der Waals surface area (Å²) in [4.78, 5) is 51.4. The van der Waals surface area contributed by atoms with Gasteiger partial charge in [0, 0.05) is 17.8 Å². The monoisotopic (exact) mass is 422 g/mol. The first-order valence-corrected chi connectivity index (χ1v) is 10.3. The fraction of sp³-hybridized carbons (Fsp3) is 0.304. The van der Waals surface area contributed by atoms with Gasteiger partial charge in [-0.3, -0.25) is 19.3 Å². The lowest BCUT2D eigenvalue weighted by atomic mass is 9.85. The highest BCUT2D eigenvalue weighted by Crippen LogP contribution is 2.33. The van der Waals surface area contributed by atoms with Crippen molar-refractivity contribution in [2.75, 3.05) is 18.4 Å². The lowest BCUT2D eigenvalue weighted by molar-refractivity contribution is -0.134. The first kappa shape index (κ1) is 22.0. The van der Waals surface area contributed by atoms with Crippen LogP contribution < -0.4 is 16.0 Å². The van der Waals surface area contributed by atoms with Crippen molar-refractivity contribution < 1.29 is 19.2 Å². The molecule has 1 fully saturated rings. The number of nitrogens with one attached hydrogen (secondary N) is 3. The molecular weight excluding hydrogens is 396 g/mol. The van der Waals surface area contributed by atoms with Crippen molar-refractivity contribution in [2.24, 2.45) is 0 Å². The van der Waals surface area contributed by atoms with Gasteiger partial charge in [0.15, 0.2) is 0 Å². The van der Waals surface area contributed by atoms with Crippen molar-refractivity contribution in [3.05, 3.63) is 65.7 Å². The van der Waals surface area contributed by atoms with Crippen LogP contribution in [0.2, 0.25) is 0 Å². The fourth-order valence-corrected chi connectivity index (χ4v) is 3.72. The van der Waals surface area contributed by atoms with Crippen molar-refractivity contribution in [3.8, 4) is 0 Å². The molecule has 1 heterocycles. The highest BCUT2D eigenvalue weighted by atomic mass is 16.2. The minimum Gasteiger partial charge on any atom is -0.352 e. The van der Waals surface area contributed by atoms with Crippen molar-refractivity contribution in [1.82, 2.24) is 15.5 Å². The number of nitrogens with zero attached hydrogens (tertiary/aromatic N) is 1. The number of carbonyl (C=O) groups is 4. The van der Waals surface area contributed by atoms with Crippen LogP contribution in [0.3, 0.4) is 0 Å². The van der Waals surface area contributed by atoms with Crippen molar-refractivity contribution in [3.63, 3.8) is 0 Å². The van der Waals surface area contributed by atoms with E-state index in [1.165, 1.54) is 0 Å². The lowest BCUT2D eigenvalue weighted by Gasteiger charge is -2.26. The molecule has 0 spiro atoms. The van der Waals surface area contributed by atoms with Crippen LogP contribution in [0, 0.1) is 0 Å². The van der Waals surface area contributed by atoms with Crippen LogP contribution in [0.4, 0.5) is 10.5 Å². The standard InChI is InChI=1S/C23H26N4O4/c1-3-13-23(17-10-6-5-7-11-17)21(30)27(22(31)26-23)15-19(28)25-18-12-8-9-16(14-18)20(29)24-4-2/h5-12,14H,3-4,13,15H2,1-2H3,(H,24,29)(H,25,28)(H,26,31)/t23-/m1/s1. The molecule has 0 unspecified atom stereocenters. The van der Waals surface area contributed by atoms with Crippen molar-refractivity contribution >= 4 is 29.4 Å². The largest absolute Gasteiger partial charge is 0.352 e. The predicted octanol–water partition coefficient (Wildman–Crippen LogP) is 2.62. The molecular formula is C23H26N4O4. The molecule has 1 atom stereocenters. The third-order valence-corrected chi connectivity index (χ3v) is 5.11. The molecule has 1 aliphatic rings. The summed E-state index contributed by atoms with van der Waals surface area (Å²) in [7, 11) is 0. The van der Waals surface area contributed by atoms with E-state index in [2.05, 4.69) is 16.0 Å². The number of anilines is 1. The second kappa shape index (κ2) is 9.42. The van der Waals surface area contributed by atoms with Gasteiger partial charge in [-0.15, -0.1) is 0 Å². The second-order valence-electron chi connectivity index (χ2n) is 7.33. The Morgan fingerprint density at radius 3 is 2.45 bits per heavy atom. The van der Waals surface area contributed by atoms with Crippen LogP contribution in [0.5, 0.6) is 0 Å². The molecule has 0 saturated carbocycles. The molecule has 8 nitrogen and oxygen atoms in total. The van der Waals surface area contributed by atoms with Gasteiger partial charge in [0.1, 0.15) is 12.1 Å². The zero-order valence-corrected chi connectivity index (χ0v) is 17.6. The van der Waals surface area contributed by atoms with Gasteiger partial charge in [0.05, 0.1) is 0 Å². The molecule has 5 amide bonds. The van der Waals surface area contributed by atoms with E-state index in [9.17, 15) is 19.2 Å². The fourth-order valence-electron chi connectivity index (χ4n) is 3.72. The molecule has 2 aromatic rings. The summed E-state index contributed by atoms with van der Waals surface area (Å²) in [5.74, 6) is -1.23. The number of rotatable bonds is 8. The van der Waals surface area contributed by atoms with Crippen LogP contribution >= 0.6 is 0 Å². The number of urea groups is 1. The summed E-state index contributed by atoms with van der Waals surface area (Å²) in [5, 5.41) is 8.14. The third-order valence-electron chi connectivity index (χ3n) is 5.11. The Balaban J connectivity index is 1.75. The van der Waals surface area contributed by atoms with Gasteiger partial charge >= 0.3 is 6.03 Å². The van der Waals surface area contributed by atoms with Gasteiger partial charge in [0.2, 0.25) is 5.91 Å². The molecule has 0 aliphatic carbocycles. The first-order valence-electron chi connectivity index (χ1n) is 10.3. The van der Waals surface area contributed by atoms with E-state index in [0.29, 0.717) is 36.2 Å². The maximum atomic E-state index is 13.2. The van der Waals surface area contributed by atoms with E-state index in [1.54, 1.807) is 36.4 Å². The number of carbonyl (C=O) groups excluding carboxylic acids is 4. The van der Waals surface area contributed by atoms with Crippen LogP contribution in [0.25, 0.3) is 0 Å². The Morgan fingerprint density at radius 1 is 1.03 bits per heavy atom. The average molecular weight is 422 g/mol. The van der Waals surface area contributed by atoms with Gasteiger partial charge in [-0.05, 0) is 37.1 Å². The van der Waals surface area contributed by atoms with E-state index >= 15 is 0 Å². The highest BCUT2D eigenvalue weighted by molar-refractivity contribution is 6.10. The number of hydrogen-bond acceptors (Lipinski definition) is 4. The molecule has 31 heavy (non-hydrogen) atoms. The molecule has 1 saturated heterocycles. The average Bonchev–Trinajstić information content (AvgIpc) is 3.00. The number of benzene rings is 2. The molecule has 1 aliphatic heterocycles. The second-order valence-corrected chi connectivity index (χ2v) is 7.33. The molecule has 0 bridgehead atoms. The van der Waals surface area contributed by atoms with Gasteiger partial charge < -0.3 is 16.0 Å². The summed E-state index contributed by atoms with van der Waals surface area (Å²) in [6, 6.07) is 14.9. The maximum Gasteiger partial charge on any atom is 0.325 e. The topological polar surface area (TPSA) is 108 Å². The zero-order chi connectivity index (χ0) is 22.4. The van der Waals surface area contributed by atoms with Gasteiger partial charge in [-0.2, -0.15) is 0 Å². The normalized spacial score (nSPS) is 17.9. The first-order chi connectivity index (χ1) is 14.9. The van der Waals surface area contributed by atoms with Crippen molar-refractivity contribution in [2.45, 2.75) is 32.2 Å². The molecule has 3 rings (SSSR count). The van der Waals surface area contributed by atoms with Crippen LogP contribution in [0.1, 0.15) is 42.6 Å². The Bertz CT molecular complexity index is 992. The Kier molecular flexibility index (Phi) is 6.69. The van der Waals surface area contributed by atoms with Crippen LogP contribution in [-0.2, 0) is 15.1 Å². The Morgan fingerprint density at radius 2 is 1.77 bits per heavy atom. The Hall–Kier alpha value is -3.68. The number of hydrogen-bond donors (Lipinski definition) is 3. The van der Waals surface area contributed by atoms with E-state index < -0.39 is 29.9 Å². The van der Waals surface area contributed by atoms with E-state index in [4.69, 9.17) is 0 Å². The zero-order valence-electron chi connectivity index (χ0n) is 17.6. The molecule has 8 heteroatoms. The molecule has 162 valence electrons. The van der Waals surface area contributed by atoms with Crippen LogP contribution in [-0.4, -0.2) is 41.7 Å². The van der Waals surface area contributed by atoms with E-state index in [-0.39, 0.29) is 5.91 Å². The summed E-state index contributed by atoms with van der Waals surface area (Å²) >= 11 is 0. The van der Waals surface area contributed by atoms with Gasteiger partial charge in [-0.25, -0.2) is 4.79 Å². The quantitative estimate of drug-likeness (QED) is 0.569. The highest BCUT2D eigenvalue weighted by Gasteiger charge is 2.52. The van der Waals surface area contributed by atoms with Crippen molar-refractivity contribution in [1.29, 1.82) is 0 Å². The lowest BCUT2D eigenvalue weighted by Crippen LogP contribution is -2.44. The number of amides is 5. The van der Waals surface area contributed by atoms with Gasteiger partial charge in [0.25, 0.3) is 11.8 Å². The Labute approximate surface area is 181 Å². The van der Waals surface area contributed by atoms with Crippen LogP contribution in [0.15, 0.2) is 54.6 Å². The summed E-state index contributed by atoms with van der Waals surface area (Å²) in [6.07, 6.45) is 1.10. The molecule has 3 N–H and O–H groups in total. The smallest absolute Gasteiger partial charge is 0.325 e. The minimum absolute atomic E-state index is 0.250. The third kappa shape index (κ3) is 4.58. The number of imide groups is 1. The van der Waals surface area contributed by atoms with Gasteiger partial charge in [-0.1, -0.05) is 49.7 Å². The summed E-state index contributed by atoms with van der Waals surface area (Å²) in [6.45, 7) is 3.81. The summed E-state index contributed by atoms with van der Waals surface area (Å²) < 4.78 is 0. The molecule has 0 aromatic heterocycles. The maximum absolute atomic E-state index is 13.2. The molecule has 2 aromatic carbocycles. The van der Waals surface area contributed by atoms with E-state index in [0.717, 1.165) is 4.90 Å². The molecule has 0 radical (unpaired) electrons. The predicted molar refractivity (Wildman–Crippen MR) is 116 cm³/mol. The van der Waals surface area contributed by atoms with E-state index in [1.807, 2.05) is 32.0 Å². The summed E-state index contributed by atoms with van der Waals surface area (Å²) in [5.41, 5.74) is 0.322. The SMILES string of the molecule is CCC[C@]1(c2ccccc2)NC(=O)N(CC(=O)Nc2cccc(C(=O)NCC)c2)C1=O.